The molecule has 1 aliphatic heterocycles. The first-order valence-electron chi connectivity index (χ1n) is 15.5. The molecule has 0 saturated carbocycles. The molecule has 0 aromatic carbocycles. The van der Waals surface area contributed by atoms with Gasteiger partial charge in [-0.15, -0.1) is 6.58 Å². The number of carbonyl (C=O) groups is 5. The number of rotatable bonds is 13. The number of hydrogen-bond donors (Lipinski definition) is 4. The molecule has 264 valence electrons. The molecule has 0 radical (unpaired) electrons. The number of hydrogen-bond acceptors (Lipinski definition) is 7. The molecule has 46 heavy (non-hydrogen) atoms. The molecule has 0 aromatic heterocycles. The highest BCUT2D eigenvalue weighted by Gasteiger charge is 2.49. The Morgan fingerprint density at radius 3 is 1.93 bits per heavy atom. The van der Waals surface area contributed by atoms with Gasteiger partial charge in [0.05, 0.1) is 6.54 Å². The first kappa shape index (κ1) is 41.0. The minimum Gasteiger partial charge on any atom is -0.347 e. The Labute approximate surface area is 275 Å². The number of ketones is 1. The summed E-state index contributed by atoms with van der Waals surface area (Å²) in [7, 11) is 0.537. The van der Waals surface area contributed by atoms with Crippen molar-refractivity contribution in [2.45, 2.75) is 86.9 Å². The summed E-state index contributed by atoms with van der Waals surface area (Å²) in [6.45, 7) is 20.2. The van der Waals surface area contributed by atoms with Crippen LogP contribution in [0.15, 0.2) is 12.7 Å². The van der Waals surface area contributed by atoms with Gasteiger partial charge >= 0.3 is 6.03 Å². The van der Waals surface area contributed by atoms with Crippen molar-refractivity contribution < 1.29 is 32.4 Å². The van der Waals surface area contributed by atoms with Crippen LogP contribution in [-0.4, -0.2) is 117 Å². The summed E-state index contributed by atoms with van der Waals surface area (Å²) in [4.78, 5) is 67.0. The fourth-order valence-electron chi connectivity index (χ4n) is 5.20. The van der Waals surface area contributed by atoms with Crippen LogP contribution in [0.1, 0.15) is 68.7 Å². The average Bonchev–Trinajstić information content (AvgIpc) is 3.37. The maximum absolute atomic E-state index is 14.2. The average molecular weight is 672 g/mol. The summed E-state index contributed by atoms with van der Waals surface area (Å²) in [5, 5.41) is 10.6. The summed E-state index contributed by atoms with van der Waals surface area (Å²) in [6, 6.07) is -3.29. The number of amides is 5. The topological polar surface area (TPSA) is 177 Å². The second kappa shape index (κ2) is 15.7. The maximum atomic E-state index is 14.2. The van der Waals surface area contributed by atoms with Gasteiger partial charge in [-0.1, -0.05) is 68.4 Å². The molecule has 1 heterocycles. The molecule has 0 unspecified atom stereocenters. The summed E-state index contributed by atoms with van der Waals surface area (Å²) in [6.07, 6.45) is 1.94. The van der Waals surface area contributed by atoms with Gasteiger partial charge in [-0.3, -0.25) is 19.2 Å². The molecule has 1 rings (SSSR count). The van der Waals surface area contributed by atoms with Gasteiger partial charge in [0, 0.05) is 46.8 Å². The smallest absolute Gasteiger partial charge is 0.315 e. The zero-order valence-corrected chi connectivity index (χ0v) is 30.6. The molecule has 1 saturated heterocycles. The van der Waals surface area contributed by atoms with Crippen LogP contribution in [0, 0.1) is 22.2 Å². The van der Waals surface area contributed by atoms with Crippen molar-refractivity contribution in [1.29, 1.82) is 0 Å². The third kappa shape index (κ3) is 11.0. The van der Waals surface area contributed by atoms with E-state index in [0.29, 0.717) is 6.42 Å². The van der Waals surface area contributed by atoms with E-state index in [-0.39, 0.29) is 31.0 Å². The van der Waals surface area contributed by atoms with Crippen molar-refractivity contribution in [3.63, 3.8) is 0 Å². The lowest BCUT2D eigenvalue weighted by atomic mass is 9.76. The Hall–Kier alpha value is -3.04. The molecule has 0 bridgehead atoms. The molecule has 4 N–H and O–H groups in total. The van der Waals surface area contributed by atoms with Gasteiger partial charge in [-0.2, -0.15) is 17.0 Å². The van der Waals surface area contributed by atoms with Gasteiger partial charge < -0.3 is 26.2 Å². The lowest BCUT2D eigenvalue weighted by Gasteiger charge is -2.39. The van der Waals surface area contributed by atoms with E-state index in [9.17, 15) is 32.4 Å². The fourth-order valence-corrected chi connectivity index (χ4v) is 6.09. The molecule has 14 nitrogen and oxygen atoms in total. The fraction of sp³-hybridized carbons (Fsp3) is 0.774. The van der Waals surface area contributed by atoms with E-state index in [4.69, 9.17) is 0 Å². The van der Waals surface area contributed by atoms with Crippen LogP contribution in [0.3, 0.4) is 0 Å². The van der Waals surface area contributed by atoms with Gasteiger partial charge in [0.25, 0.3) is 16.1 Å². The Morgan fingerprint density at radius 1 is 0.913 bits per heavy atom. The van der Waals surface area contributed by atoms with Crippen molar-refractivity contribution in [2.75, 3.05) is 47.3 Å². The largest absolute Gasteiger partial charge is 0.347 e. The monoisotopic (exact) mass is 671 g/mol. The summed E-state index contributed by atoms with van der Waals surface area (Å²) in [5.74, 6) is -2.99. The minimum atomic E-state index is -3.74. The van der Waals surface area contributed by atoms with Crippen molar-refractivity contribution in [1.82, 2.24) is 34.8 Å². The number of nitrogens with one attached hydrogen (secondary N) is 4. The molecule has 4 atom stereocenters. The highest BCUT2D eigenvalue weighted by Crippen LogP contribution is 2.39. The molecule has 0 aliphatic carbocycles. The Kier molecular flexibility index (Phi) is 14.0. The molecule has 1 fully saturated rings. The van der Waals surface area contributed by atoms with Gasteiger partial charge in [-0.05, 0) is 28.6 Å². The van der Waals surface area contributed by atoms with Crippen LogP contribution >= 0.6 is 0 Å². The van der Waals surface area contributed by atoms with Crippen LogP contribution in [0.4, 0.5) is 4.79 Å². The van der Waals surface area contributed by atoms with E-state index in [1.165, 1.54) is 32.1 Å². The predicted octanol–water partition coefficient (Wildman–Crippen LogP) is 1.10. The number of nitrogens with zero attached hydrogens (tertiary/aromatic N) is 3. The normalized spacial score (nSPS) is 19.0. The Bertz CT molecular complexity index is 1250. The standard InChI is InChI=1S/C31H57N7O7S/c1-14-16-32-25(40)21(39)18-33-26(41)23-20(29(2,3)4)15-17-38(23)27(42)24(31(8,9)10)35-28(43)34-22(30(5,6)7)19-37(13)46(44,45)36(11)12/h14,20,22-24H,1,15-19H2,2-13H3,(H,32,40)(H,33,41)(H2,34,35,43)/t20-,22+,23-,24+/m0/s1. The summed E-state index contributed by atoms with van der Waals surface area (Å²) < 4.78 is 27.6. The van der Waals surface area contributed by atoms with Gasteiger partial charge in [0.1, 0.15) is 12.1 Å². The highest BCUT2D eigenvalue weighted by atomic mass is 32.2. The number of likely N-dealkylation sites (N-methyl/N-ethyl adjacent to an activating group) is 1. The number of likely N-dealkylation sites (tertiary alicyclic amines) is 1. The van der Waals surface area contributed by atoms with Crippen molar-refractivity contribution in [3.05, 3.63) is 12.7 Å². The molecule has 1 aliphatic rings. The van der Waals surface area contributed by atoms with E-state index in [1.807, 2.05) is 41.5 Å². The molecular weight excluding hydrogens is 614 g/mol. The number of Topliss-reactive ketones (excluding diaryl/α,β-unsaturated/α-hetero) is 1. The third-order valence-corrected chi connectivity index (χ3v) is 10.0. The van der Waals surface area contributed by atoms with E-state index >= 15 is 0 Å². The van der Waals surface area contributed by atoms with Crippen molar-refractivity contribution in [3.8, 4) is 0 Å². The highest BCUT2D eigenvalue weighted by molar-refractivity contribution is 7.86. The van der Waals surface area contributed by atoms with Crippen molar-refractivity contribution in [2.24, 2.45) is 22.2 Å². The van der Waals surface area contributed by atoms with Crippen LogP contribution in [0.2, 0.25) is 0 Å². The summed E-state index contributed by atoms with van der Waals surface area (Å²) >= 11 is 0. The zero-order valence-electron chi connectivity index (χ0n) is 29.7. The third-order valence-electron chi connectivity index (χ3n) is 8.18. The van der Waals surface area contributed by atoms with Crippen LogP contribution < -0.4 is 21.3 Å². The quantitative estimate of drug-likeness (QED) is 0.167. The van der Waals surface area contributed by atoms with Crippen LogP contribution in [-0.2, 0) is 29.4 Å². The number of urea groups is 1. The molecule has 0 aromatic rings. The maximum Gasteiger partial charge on any atom is 0.315 e. The van der Waals surface area contributed by atoms with E-state index in [1.54, 1.807) is 20.8 Å². The van der Waals surface area contributed by atoms with Crippen LogP contribution in [0.5, 0.6) is 0 Å². The SMILES string of the molecule is C=CCNC(=O)C(=O)CNC(=O)[C@@H]1[C@@H](C(C)(C)C)CCN1C(=O)[C@@H](NC(=O)N[C@H](CN(C)S(=O)(=O)N(C)C)C(C)(C)C)C(C)(C)C. The lowest BCUT2D eigenvalue weighted by Crippen LogP contribution is -2.62. The van der Waals surface area contributed by atoms with E-state index in [2.05, 4.69) is 27.8 Å². The molecule has 5 amide bonds. The van der Waals surface area contributed by atoms with E-state index in [0.717, 1.165) is 8.61 Å². The second-order valence-electron chi connectivity index (χ2n) is 15.3. The second-order valence-corrected chi connectivity index (χ2v) is 17.5. The molecule has 0 spiro atoms. The predicted molar refractivity (Wildman–Crippen MR) is 178 cm³/mol. The van der Waals surface area contributed by atoms with Gasteiger partial charge in [0.15, 0.2) is 0 Å². The number of carbonyl (C=O) groups excluding carboxylic acids is 5. The molecule has 15 heteroatoms. The van der Waals surface area contributed by atoms with Crippen LogP contribution in [0.25, 0.3) is 0 Å². The minimum absolute atomic E-state index is 0.0163. The van der Waals surface area contributed by atoms with Crippen molar-refractivity contribution >= 4 is 39.7 Å². The van der Waals surface area contributed by atoms with Gasteiger partial charge in [-0.25, -0.2) is 4.79 Å². The van der Waals surface area contributed by atoms with Gasteiger partial charge in [0.2, 0.25) is 17.6 Å². The van der Waals surface area contributed by atoms with E-state index < -0.39 is 75.2 Å². The summed E-state index contributed by atoms with van der Waals surface area (Å²) in [5.41, 5.74) is -1.72. The molecular formula is C31H57N7O7S. The zero-order chi connectivity index (χ0) is 36.0. The first-order valence-corrected chi connectivity index (χ1v) is 16.9. The first-order chi connectivity index (χ1) is 20.8. The Balaban J connectivity index is 3.29. The lowest BCUT2D eigenvalue weighted by molar-refractivity contribution is -0.144. The Morgan fingerprint density at radius 2 is 1.48 bits per heavy atom.